The second kappa shape index (κ2) is 13.3. The summed E-state index contributed by atoms with van der Waals surface area (Å²) in [5.41, 5.74) is -0.482. The molecule has 2 amide bonds. The van der Waals surface area contributed by atoms with E-state index >= 15 is 0 Å². The minimum Gasteiger partial charge on any atom is -0.481 e. The molecule has 12 atom stereocenters. The first kappa shape index (κ1) is 40.8. The van der Waals surface area contributed by atoms with Gasteiger partial charge in [-0.3, -0.25) is 19.2 Å². The number of amides is 2. The van der Waals surface area contributed by atoms with Crippen LogP contribution in [0.1, 0.15) is 159 Å². The average molecular weight is 763 g/mol. The molecule has 0 aromatic heterocycles. The van der Waals surface area contributed by atoms with Crippen LogP contribution >= 0.6 is 0 Å². The standard InChI is InChI=1S/C47H74N2O6/c1-28(2)29-16-21-47(39(52)48-34-26-31(42(34,5)6)38(51)49-24-12-13-25-49)23-22-45(10)30(37(29)47)14-15-33-44(9)19-18-35(55-36(50)27-41(3,4)40(53)54)43(7,8)32(44)17-20-46(33,45)11/h29-35,37H,1,12-27H2,2-11H3,(H,48,52)(H,53,54)/t29?,30?,31-,32?,33?,34-,35+,37?,44+,45-,46-,47+/m1/s1. The van der Waals surface area contributed by atoms with Gasteiger partial charge in [0, 0.05) is 30.5 Å². The van der Waals surface area contributed by atoms with Crippen LogP contribution in [0.3, 0.4) is 0 Å². The monoisotopic (exact) mass is 763 g/mol. The summed E-state index contributed by atoms with van der Waals surface area (Å²) in [6.45, 7) is 28.4. The van der Waals surface area contributed by atoms with Gasteiger partial charge in [-0.05, 0) is 155 Å². The first-order valence-corrected chi connectivity index (χ1v) is 22.2. The number of rotatable bonds is 8. The predicted octanol–water partition coefficient (Wildman–Crippen LogP) is 9.21. The average Bonchev–Trinajstić information content (AvgIpc) is 3.77. The number of hydrogen-bond acceptors (Lipinski definition) is 5. The van der Waals surface area contributed by atoms with Crippen LogP contribution in [0.4, 0.5) is 0 Å². The molecule has 7 fully saturated rings. The molecule has 8 heteroatoms. The highest BCUT2D eigenvalue weighted by atomic mass is 16.5. The summed E-state index contributed by atoms with van der Waals surface area (Å²) in [5.74, 6) is 1.12. The molecule has 5 unspecified atom stereocenters. The molecule has 1 saturated heterocycles. The Labute approximate surface area is 332 Å². The van der Waals surface area contributed by atoms with E-state index in [0.717, 1.165) is 96.6 Å². The lowest BCUT2D eigenvalue weighted by Gasteiger charge is -2.73. The van der Waals surface area contributed by atoms with Crippen LogP contribution in [0.5, 0.6) is 0 Å². The van der Waals surface area contributed by atoms with Crippen molar-refractivity contribution < 1.29 is 29.0 Å². The van der Waals surface area contributed by atoms with E-state index < -0.39 is 22.8 Å². The van der Waals surface area contributed by atoms with Gasteiger partial charge in [0.2, 0.25) is 11.8 Å². The molecule has 0 radical (unpaired) electrons. The first-order chi connectivity index (χ1) is 25.5. The van der Waals surface area contributed by atoms with Gasteiger partial charge in [0.1, 0.15) is 6.10 Å². The van der Waals surface area contributed by atoms with Crippen LogP contribution in [-0.2, 0) is 23.9 Å². The number of likely N-dealkylation sites (tertiary alicyclic amines) is 1. The molecule has 6 saturated carbocycles. The number of hydrogen-bond donors (Lipinski definition) is 2. The molecule has 7 rings (SSSR count). The number of fused-ring (bicyclic) bond motifs is 7. The minimum absolute atomic E-state index is 0.0199. The number of nitrogens with zero attached hydrogens (tertiary/aromatic N) is 1. The van der Waals surface area contributed by atoms with E-state index in [0.29, 0.717) is 23.7 Å². The number of aliphatic carboxylic acids is 1. The second-order valence-corrected chi connectivity index (χ2v) is 22.7. The SMILES string of the molecule is C=C(C)C1CC[C@]2(C(=O)N[C@@H]3C[C@H](C(=O)N4CCCC4)C3(C)C)CC[C@]3(C)C(CCC4[C@@]5(C)CC[C@H](OC(=O)CC(C)(C)C(=O)O)C(C)(C)C5CC[C@]43C)C12. The van der Waals surface area contributed by atoms with Gasteiger partial charge in [0.15, 0.2) is 0 Å². The Bertz CT molecular complexity index is 1610. The van der Waals surface area contributed by atoms with E-state index in [-0.39, 0.29) is 69.3 Å². The zero-order chi connectivity index (χ0) is 40.3. The third kappa shape index (κ3) is 5.91. The van der Waals surface area contributed by atoms with Crippen LogP contribution in [-0.4, -0.2) is 59.0 Å². The number of carbonyl (C=O) groups excluding carboxylic acids is 3. The Morgan fingerprint density at radius 3 is 2.11 bits per heavy atom. The van der Waals surface area contributed by atoms with Gasteiger partial charge >= 0.3 is 11.9 Å². The van der Waals surface area contributed by atoms with Crippen molar-refractivity contribution in [3.05, 3.63) is 12.2 Å². The molecule has 1 aliphatic heterocycles. The van der Waals surface area contributed by atoms with Gasteiger partial charge in [-0.2, -0.15) is 0 Å². The summed E-state index contributed by atoms with van der Waals surface area (Å²) < 4.78 is 6.19. The quantitative estimate of drug-likeness (QED) is 0.188. The zero-order valence-corrected chi connectivity index (χ0v) is 36.1. The fourth-order valence-corrected chi connectivity index (χ4v) is 15.4. The van der Waals surface area contributed by atoms with Crippen molar-refractivity contribution in [2.75, 3.05) is 13.1 Å². The van der Waals surface area contributed by atoms with Crippen LogP contribution in [0.25, 0.3) is 0 Å². The van der Waals surface area contributed by atoms with E-state index in [2.05, 4.69) is 67.3 Å². The Hall–Kier alpha value is -2.38. The lowest BCUT2D eigenvalue weighted by molar-refractivity contribution is -0.249. The highest BCUT2D eigenvalue weighted by Gasteiger charge is 2.72. The molecule has 6 aliphatic carbocycles. The number of carbonyl (C=O) groups is 4. The van der Waals surface area contributed by atoms with Crippen molar-refractivity contribution in [2.45, 2.75) is 171 Å². The molecular weight excluding hydrogens is 689 g/mol. The number of allylic oxidation sites excluding steroid dienone is 1. The first-order valence-electron chi connectivity index (χ1n) is 22.2. The van der Waals surface area contributed by atoms with Gasteiger partial charge in [0.05, 0.1) is 17.3 Å². The van der Waals surface area contributed by atoms with Crippen molar-refractivity contribution in [3.8, 4) is 0 Å². The van der Waals surface area contributed by atoms with E-state index in [1.165, 1.54) is 5.57 Å². The summed E-state index contributed by atoms with van der Waals surface area (Å²) in [4.78, 5) is 55.4. The molecule has 55 heavy (non-hydrogen) atoms. The Morgan fingerprint density at radius 1 is 0.818 bits per heavy atom. The van der Waals surface area contributed by atoms with E-state index in [1.807, 2.05) is 4.90 Å². The van der Waals surface area contributed by atoms with E-state index in [1.54, 1.807) is 13.8 Å². The Balaban J connectivity index is 1.11. The molecule has 0 aromatic carbocycles. The molecule has 308 valence electrons. The van der Waals surface area contributed by atoms with Crippen molar-refractivity contribution in [2.24, 2.45) is 73.4 Å². The summed E-state index contributed by atoms with van der Waals surface area (Å²) in [5, 5.41) is 13.3. The Morgan fingerprint density at radius 2 is 1.49 bits per heavy atom. The maximum atomic E-state index is 15.0. The second-order valence-electron chi connectivity index (χ2n) is 22.7. The lowest BCUT2D eigenvalue weighted by atomic mass is 9.32. The highest BCUT2D eigenvalue weighted by molar-refractivity contribution is 5.86. The van der Waals surface area contributed by atoms with Crippen LogP contribution < -0.4 is 5.32 Å². The third-order valence-corrected chi connectivity index (χ3v) is 19.2. The van der Waals surface area contributed by atoms with Crippen LogP contribution in [0, 0.1) is 73.4 Å². The molecule has 0 spiro atoms. The zero-order valence-electron chi connectivity index (χ0n) is 36.1. The summed E-state index contributed by atoms with van der Waals surface area (Å²) >= 11 is 0. The topological polar surface area (TPSA) is 113 Å². The van der Waals surface area contributed by atoms with Crippen LogP contribution in [0.15, 0.2) is 12.2 Å². The number of nitrogens with one attached hydrogen (secondary N) is 1. The maximum Gasteiger partial charge on any atom is 0.309 e. The van der Waals surface area contributed by atoms with Gasteiger partial charge in [-0.25, -0.2) is 0 Å². The number of carboxylic acids is 1. The summed E-state index contributed by atoms with van der Waals surface area (Å²) in [6.07, 6.45) is 12.8. The van der Waals surface area contributed by atoms with Gasteiger partial charge < -0.3 is 20.1 Å². The fourth-order valence-electron chi connectivity index (χ4n) is 15.4. The summed E-state index contributed by atoms with van der Waals surface area (Å²) in [7, 11) is 0. The van der Waals surface area contributed by atoms with E-state index in [9.17, 15) is 24.3 Å². The number of esters is 1. The normalized spacial score (nSPS) is 44.1. The molecule has 8 nitrogen and oxygen atoms in total. The molecule has 2 N–H and O–H groups in total. The van der Waals surface area contributed by atoms with Crippen molar-refractivity contribution >= 4 is 23.8 Å². The summed E-state index contributed by atoms with van der Waals surface area (Å²) in [6, 6.07) is 0.0219. The van der Waals surface area contributed by atoms with Gasteiger partial charge in [-0.15, -0.1) is 0 Å². The van der Waals surface area contributed by atoms with Gasteiger partial charge in [-0.1, -0.05) is 60.6 Å². The Kier molecular flexibility index (Phi) is 9.89. The van der Waals surface area contributed by atoms with Crippen molar-refractivity contribution in [1.82, 2.24) is 10.2 Å². The molecule has 7 aliphatic rings. The third-order valence-electron chi connectivity index (χ3n) is 19.2. The van der Waals surface area contributed by atoms with Crippen molar-refractivity contribution in [1.29, 1.82) is 0 Å². The largest absolute Gasteiger partial charge is 0.481 e. The smallest absolute Gasteiger partial charge is 0.309 e. The van der Waals surface area contributed by atoms with E-state index in [4.69, 9.17) is 4.74 Å². The lowest BCUT2D eigenvalue weighted by Crippen LogP contribution is -2.68. The molecular formula is C47H74N2O6. The van der Waals surface area contributed by atoms with Crippen molar-refractivity contribution in [3.63, 3.8) is 0 Å². The van der Waals surface area contributed by atoms with Gasteiger partial charge in [0.25, 0.3) is 0 Å². The predicted molar refractivity (Wildman–Crippen MR) is 215 cm³/mol. The minimum atomic E-state index is -1.16. The highest BCUT2D eigenvalue weighted by Crippen LogP contribution is 2.77. The number of carboxylic acid groups (broad SMARTS) is 1. The molecule has 0 aromatic rings. The number of ether oxygens (including phenoxy) is 1. The molecule has 0 bridgehead atoms. The fraction of sp³-hybridized carbons (Fsp3) is 0.872. The molecule has 1 heterocycles. The maximum absolute atomic E-state index is 15.0. The van der Waals surface area contributed by atoms with Crippen LogP contribution in [0.2, 0.25) is 0 Å².